The van der Waals surface area contributed by atoms with Crippen LogP contribution in [0.3, 0.4) is 0 Å². The Bertz CT molecular complexity index is 494. The Morgan fingerprint density at radius 1 is 1.50 bits per heavy atom. The minimum atomic E-state index is -1.11. The molecule has 1 fully saturated rings. The molecule has 2 atom stereocenters. The molecule has 1 N–H and O–H groups in total. The third-order valence-electron chi connectivity index (χ3n) is 3.23. The first-order valence-corrected chi connectivity index (χ1v) is 6.60. The summed E-state index contributed by atoms with van der Waals surface area (Å²) in [6, 6.07) is 1.30. The number of carbonyl (C=O) groups is 1. The van der Waals surface area contributed by atoms with Crippen LogP contribution in [0.15, 0.2) is 10.6 Å². The summed E-state index contributed by atoms with van der Waals surface area (Å²) in [5, 5.41) is 14.1. The monoisotopic (exact) mass is 283 g/mol. The summed E-state index contributed by atoms with van der Waals surface area (Å²) in [4.78, 5) is 14.7. The van der Waals surface area contributed by atoms with Crippen LogP contribution in [0.4, 0.5) is 10.6 Å². The number of hydrogen-bond donors (Lipinski definition) is 1. The molecule has 7 nitrogen and oxygen atoms in total. The Hall–Kier alpha value is -1.60. The first kappa shape index (κ1) is 14.8. The van der Waals surface area contributed by atoms with E-state index in [1.807, 2.05) is 27.7 Å². The molecule has 1 aliphatic rings. The predicted octanol–water partition coefficient (Wildman–Crippen LogP) is 1.52. The summed E-state index contributed by atoms with van der Waals surface area (Å²) in [5.41, 5.74) is -0.218. The van der Waals surface area contributed by atoms with Crippen LogP contribution in [0.25, 0.3) is 0 Å². The van der Waals surface area contributed by atoms with E-state index in [0.29, 0.717) is 18.2 Å². The standard InChI is InChI=1S/C13H21N3O4/c1-6-19-11-10(17)16(12(18)15(11)5)9-7-8(20-14-9)13(2,3)4/h7,10-11,17H,6H2,1-5H3/t10-,11-/m1/s1. The predicted molar refractivity (Wildman–Crippen MR) is 72.3 cm³/mol. The molecule has 0 bridgehead atoms. The van der Waals surface area contributed by atoms with Gasteiger partial charge >= 0.3 is 6.03 Å². The lowest BCUT2D eigenvalue weighted by molar-refractivity contribution is -0.0688. The highest BCUT2D eigenvalue weighted by molar-refractivity contribution is 5.93. The van der Waals surface area contributed by atoms with Crippen LogP contribution in [0, 0.1) is 0 Å². The largest absolute Gasteiger partial charge is 0.369 e. The van der Waals surface area contributed by atoms with Crippen molar-refractivity contribution in [3.8, 4) is 0 Å². The normalized spacial score (nSPS) is 23.8. The van der Waals surface area contributed by atoms with E-state index in [1.165, 1.54) is 9.80 Å². The lowest BCUT2D eigenvalue weighted by Gasteiger charge is -2.20. The zero-order valence-electron chi connectivity index (χ0n) is 12.5. The number of urea groups is 1. The lowest BCUT2D eigenvalue weighted by Crippen LogP contribution is -2.38. The zero-order valence-corrected chi connectivity index (χ0v) is 12.5. The Balaban J connectivity index is 2.28. The van der Waals surface area contributed by atoms with Crippen molar-refractivity contribution >= 4 is 11.8 Å². The number of rotatable bonds is 3. The molecule has 7 heteroatoms. The van der Waals surface area contributed by atoms with Crippen molar-refractivity contribution < 1.29 is 19.2 Å². The van der Waals surface area contributed by atoms with Gasteiger partial charge in [0.2, 0.25) is 0 Å². The van der Waals surface area contributed by atoms with E-state index in [2.05, 4.69) is 5.16 Å². The van der Waals surface area contributed by atoms with E-state index >= 15 is 0 Å². The van der Waals surface area contributed by atoms with Gasteiger partial charge in [-0.15, -0.1) is 0 Å². The number of aliphatic hydroxyl groups excluding tert-OH is 1. The van der Waals surface area contributed by atoms with E-state index in [0.717, 1.165) is 0 Å². The van der Waals surface area contributed by atoms with Crippen molar-refractivity contribution in [3.63, 3.8) is 0 Å². The summed E-state index contributed by atoms with van der Waals surface area (Å²) in [6.07, 6.45) is -1.81. The van der Waals surface area contributed by atoms with Gasteiger partial charge in [-0.25, -0.2) is 9.69 Å². The lowest BCUT2D eigenvalue weighted by atomic mass is 9.93. The topological polar surface area (TPSA) is 79.0 Å². The van der Waals surface area contributed by atoms with E-state index in [4.69, 9.17) is 9.26 Å². The van der Waals surface area contributed by atoms with Crippen LogP contribution >= 0.6 is 0 Å². The van der Waals surface area contributed by atoms with Gasteiger partial charge in [0.15, 0.2) is 18.3 Å². The van der Waals surface area contributed by atoms with Crippen molar-refractivity contribution in [1.82, 2.24) is 10.1 Å². The fourth-order valence-electron chi connectivity index (χ4n) is 2.05. The van der Waals surface area contributed by atoms with Crippen LogP contribution in [0.2, 0.25) is 0 Å². The SMILES string of the molecule is CCO[C@@H]1[C@@H](O)N(c2cc(C(C)(C)C)on2)C(=O)N1C. The van der Waals surface area contributed by atoms with Gasteiger partial charge in [0.05, 0.1) is 0 Å². The van der Waals surface area contributed by atoms with Crippen LogP contribution in [-0.2, 0) is 10.2 Å². The van der Waals surface area contributed by atoms with Gasteiger partial charge in [-0.05, 0) is 6.92 Å². The molecule has 2 amide bonds. The van der Waals surface area contributed by atoms with Gasteiger partial charge in [-0.2, -0.15) is 0 Å². The first-order chi connectivity index (χ1) is 9.27. The number of likely N-dealkylation sites (N-methyl/N-ethyl adjacent to an activating group) is 1. The van der Waals surface area contributed by atoms with Crippen molar-refractivity contribution in [2.45, 2.75) is 45.6 Å². The quantitative estimate of drug-likeness (QED) is 0.910. The Morgan fingerprint density at radius 2 is 2.15 bits per heavy atom. The molecule has 2 heterocycles. The summed E-state index contributed by atoms with van der Waals surface area (Å²) in [6.45, 7) is 8.15. The molecule has 0 aliphatic carbocycles. The molecule has 1 aromatic rings. The highest BCUT2D eigenvalue weighted by Gasteiger charge is 2.46. The van der Waals surface area contributed by atoms with Gasteiger partial charge in [0.25, 0.3) is 0 Å². The number of aromatic nitrogens is 1. The molecule has 20 heavy (non-hydrogen) atoms. The van der Waals surface area contributed by atoms with Crippen molar-refractivity contribution in [2.75, 3.05) is 18.6 Å². The van der Waals surface area contributed by atoms with Crippen LogP contribution < -0.4 is 4.90 Å². The maximum Gasteiger partial charge on any atom is 0.330 e. The highest BCUT2D eigenvalue weighted by Crippen LogP contribution is 2.31. The second-order valence-corrected chi connectivity index (χ2v) is 5.82. The average Bonchev–Trinajstić information content (AvgIpc) is 2.90. The minimum absolute atomic E-state index is 0.218. The van der Waals surface area contributed by atoms with E-state index < -0.39 is 12.5 Å². The molecule has 1 aliphatic heterocycles. The molecule has 2 rings (SSSR count). The molecular weight excluding hydrogens is 262 g/mol. The van der Waals surface area contributed by atoms with Crippen LogP contribution in [-0.4, -0.2) is 47.3 Å². The fraction of sp³-hybridized carbons (Fsp3) is 0.692. The molecule has 0 radical (unpaired) electrons. The maximum absolute atomic E-state index is 12.2. The highest BCUT2D eigenvalue weighted by atomic mass is 16.5. The zero-order chi connectivity index (χ0) is 15.1. The second kappa shape index (κ2) is 5.06. The number of carbonyl (C=O) groups excluding carboxylic acids is 1. The second-order valence-electron chi connectivity index (χ2n) is 5.82. The maximum atomic E-state index is 12.2. The van der Waals surface area contributed by atoms with E-state index in [9.17, 15) is 9.90 Å². The van der Waals surface area contributed by atoms with Crippen LogP contribution in [0.5, 0.6) is 0 Å². The molecule has 0 unspecified atom stereocenters. The number of ether oxygens (including phenoxy) is 1. The molecule has 112 valence electrons. The summed E-state index contributed by atoms with van der Waals surface area (Å²) in [5.74, 6) is 0.941. The van der Waals surface area contributed by atoms with Gasteiger partial charge < -0.3 is 14.4 Å². The number of aliphatic hydroxyl groups is 1. The minimum Gasteiger partial charge on any atom is -0.369 e. The Kier molecular flexibility index (Phi) is 3.75. The smallest absolute Gasteiger partial charge is 0.330 e. The fourth-order valence-corrected chi connectivity index (χ4v) is 2.05. The summed E-state index contributed by atoms with van der Waals surface area (Å²) in [7, 11) is 1.58. The summed E-state index contributed by atoms with van der Waals surface area (Å²) >= 11 is 0. The van der Waals surface area contributed by atoms with Gasteiger partial charge in [-0.3, -0.25) is 4.90 Å². The molecule has 1 aromatic heterocycles. The number of hydrogen-bond acceptors (Lipinski definition) is 5. The molecule has 0 saturated carbocycles. The van der Waals surface area contributed by atoms with E-state index in [1.54, 1.807) is 13.1 Å². The van der Waals surface area contributed by atoms with E-state index in [-0.39, 0.29) is 11.4 Å². The van der Waals surface area contributed by atoms with Crippen molar-refractivity contribution in [2.24, 2.45) is 0 Å². The number of anilines is 1. The Labute approximate surface area is 118 Å². The molecule has 0 spiro atoms. The first-order valence-electron chi connectivity index (χ1n) is 6.60. The van der Waals surface area contributed by atoms with Crippen molar-refractivity contribution in [3.05, 3.63) is 11.8 Å². The van der Waals surface area contributed by atoms with Gasteiger partial charge in [0, 0.05) is 25.1 Å². The molecular formula is C13H21N3O4. The number of amides is 2. The Morgan fingerprint density at radius 3 is 2.65 bits per heavy atom. The molecule has 0 aromatic carbocycles. The third kappa shape index (κ3) is 2.38. The van der Waals surface area contributed by atoms with Crippen molar-refractivity contribution in [1.29, 1.82) is 0 Å². The third-order valence-corrected chi connectivity index (χ3v) is 3.23. The summed E-state index contributed by atoms with van der Waals surface area (Å²) < 4.78 is 10.6. The molecule has 1 saturated heterocycles. The number of nitrogens with zero attached hydrogens (tertiary/aromatic N) is 3. The van der Waals surface area contributed by atoms with Gasteiger partial charge in [-0.1, -0.05) is 25.9 Å². The van der Waals surface area contributed by atoms with Crippen LogP contribution in [0.1, 0.15) is 33.5 Å². The average molecular weight is 283 g/mol. The van der Waals surface area contributed by atoms with Gasteiger partial charge in [0.1, 0.15) is 5.76 Å².